The highest BCUT2D eigenvalue weighted by Gasteiger charge is 2.06. The second-order valence-corrected chi connectivity index (χ2v) is 4.26. The Hall–Kier alpha value is -2.82. The van der Waals surface area contributed by atoms with E-state index in [-0.39, 0.29) is 5.91 Å². The van der Waals surface area contributed by atoms with Crippen LogP contribution in [0.3, 0.4) is 0 Å². The summed E-state index contributed by atoms with van der Waals surface area (Å²) in [6.45, 7) is 0.382. The minimum atomic E-state index is -0.131. The Balaban J connectivity index is 1.66. The number of carbonyl (C=O) groups is 1. The van der Waals surface area contributed by atoms with Crippen LogP contribution in [0.25, 0.3) is 5.69 Å². The second-order valence-electron chi connectivity index (χ2n) is 4.26. The molecule has 20 heavy (non-hydrogen) atoms. The van der Waals surface area contributed by atoms with Crippen LogP contribution < -0.4 is 5.32 Å². The Morgan fingerprint density at radius 3 is 2.70 bits per heavy atom. The van der Waals surface area contributed by atoms with E-state index in [0.29, 0.717) is 12.1 Å². The number of aromatic nitrogens is 2. The van der Waals surface area contributed by atoms with E-state index in [1.807, 2.05) is 30.5 Å². The fraction of sp³-hybridized carbons (Fsp3) is 0.0667. The zero-order chi connectivity index (χ0) is 13.8. The number of hydrogen-bond donors (Lipinski definition) is 1. The smallest absolute Gasteiger partial charge is 0.251 e. The average molecular weight is 267 g/mol. The highest BCUT2D eigenvalue weighted by molar-refractivity contribution is 5.94. The predicted octanol–water partition coefficient (Wildman–Crippen LogP) is 2.40. The first-order valence-electron chi connectivity index (χ1n) is 6.23. The van der Waals surface area contributed by atoms with Crippen LogP contribution in [0, 0.1) is 0 Å². The highest BCUT2D eigenvalue weighted by Crippen LogP contribution is 2.09. The average Bonchev–Trinajstić information content (AvgIpc) is 3.18. The van der Waals surface area contributed by atoms with E-state index < -0.39 is 0 Å². The second kappa shape index (κ2) is 5.44. The summed E-state index contributed by atoms with van der Waals surface area (Å²) in [5, 5.41) is 6.94. The maximum absolute atomic E-state index is 12.0. The van der Waals surface area contributed by atoms with Crippen molar-refractivity contribution in [3.8, 4) is 5.69 Å². The van der Waals surface area contributed by atoms with E-state index in [2.05, 4.69) is 10.4 Å². The van der Waals surface area contributed by atoms with Crippen molar-refractivity contribution < 1.29 is 9.21 Å². The topological polar surface area (TPSA) is 60.1 Å². The van der Waals surface area contributed by atoms with Gasteiger partial charge in [-0.25, -0.2) is 4.68 Å². The first-order valence-corrected chi connectivity index (χ1v) is 6.23. The van der Waals surface area contributed by atoms with Crippen molar-refractivity contribution in [3.05, 3.63) is 72.4 Å². The molecule has 0 spiro atoms. The van der Waals surface area contributed by atoms with Crippen molar-refractivity contribution in [1.29, 1.82) is 0 Å². The SMILES string of the molecule is O=C(NCc1ccco1)c1ccc(-n2cccn2)cc1. The van der Waals surface area contributed by atoms with Crippen LogP contribution >= 0.6 is 0 Å². The maximum Gasteiger partial charge on any atom is 0.251 e. The number of nitrogens with zero attached hydrogens (tertiary/aromatic N) is 2. The number of furan rings is 1. The van der Waals surface area contributed by atoms with Crippen LogP contribution in [0.5, 0.6) is 0 Å². The minimum Gasteiger partial charge on any atom is -0.467 e. The van der Waals surface area contributed by atoms with E-state index in [4.69, 9.17) is 4.42 Å². The van der Waals surface area contributed by atoms with Crippen molar-refractivity contribution in [3.63, 3.8) is 0 Å². The molecule has 1 N–H and O–H groups in total. The summed E-state index contributed by atoms with van der Waals surface area (Å²) in [6.07, 6.45) is 5.15. The standard InChI is InChI=1S/C15H13N3O2/c19-15(16-11-14-3-1-10-20-14)12-4-6-13(7-5-12)18-9-2-8-17-18/h1-10H,11H2,(H,16,19). The van der Waals surface area contributed by atoms with Gasteiger partial charge in [0.2, 0.25) is 0 Å². The van der Waals surface area contributed by atoms with Crippen LogP contribution in [0.1, 0.15) is 16.1 Å². The zero-order valence-corrected chi connectivity index (χ0v) is 10.7. The molecule has 0 aliphatic rings. The van der Waals surface area contributed by atoms with Gasteiger partial charge in [0.1, 0.15) is 5.76 Å². The van der Waals surface area contributed by atoms with E-state index in [0.717, 1.165) is 11.4 Å². The molecule has 5 nitrogen and oxygen atoms in total. The molecule has 3 aromatic rings. The van der Waals surface area contributed by atoms with Gasteiger partial charge in [-0.1, -0.05) is 0 Å². The lowest BCUT2D eigenvalue weighted by Crippen LogP contribution is -2.22. The van der Waals surface area contributed by atoms with Crippen molar-refractivity contribution in [1.82, 2.24) is 15.1 Å². The Morgan fingerprint density at radius 2 is 2.05 bits per heavy atom. The molecule has 0 bridgehead atoms. The van der Waals surface area contributed by atoms with Gasteiger partial charge in [-0.2, -0.15) is 5.10 Å². The van der Waals surface area contributed by atoms with Crippen LogP contribution in [0.2, 0.25) is 0 Å². The monoisotopic (exact) mass is 267 g/mol. The highest BCUT2D eigenvalue weighted by atomic mass is 16.3. The van der Waals surface area contributed by atoms with E-state index in [1.165, 1.54) is 0 Å². The first-order chi connectivity index (χ1) is 9.83. The predicted molar refractivity (Wildman–Crippen MR) is 73.4 cm³/mol. The van der Waals surface area contributed by atoms with Gasteiger partial charge in [0, 0.05) is 18.0 Å². The molecule has 0 radical (unpaired) electrons. The van der Waals surface area contributed by atoms with Gasteiger partial charge in [-0.15, -0.1) is 0 Å². The summed E-state index contributed by atoms with van der Waals surface area (Å²) >= 11 is 0. The lowest BCUT2D eigenvalue weighted by Gasteiger charge is -2.05. The molecule has 0 saturated heterocycles. The molecule has 1 amide bonds. The molecule has 0 aliphatic carbocycles. The lowest BCUT2D eigenvalue weighted by atomic mass is 10.2. The van der Waals surface area contributed by atoms with Crippen LogP contribution in [-0.2, 0) is 6.54 Å². The molecule has 0 aliphatic heterocycles. The van der Waals surface area contributed by atoms with Gasteiger partial charge in [0.05, 0.1) is 18.5 Å². The minimum absolute atomic E-state index is 0.131. The van der Waals surface area contributed by atoms with Crippen molar-refractivity contribution in [2.45, 2.75) is 6.54 Å². The molecule has 0 fully saturated rings. The summed E-state index contributed by atoms with van der Waals surface area (Å²) in [4.78, 5) is 12.0. The largest absolute Gasteiger partial charge is 0.467 e. The van der Waals surface area contributed by atoms with Crippen molar-refractivity contribution in [2.75, 3.05) is 0 Å². The van der Waals surface area contributed by atoms with Crippen molar-refractivity contribution >= 4 is 5.91 Å². The maximum atomic E-state index is 12.0. The first kappa shape index (κ1) is 12.2. The molecule has 2 aromatic heterocycles. The molecule has 1 aromatic carbocycles. The van der Waals surface area contributed by atoms with Crippen LogP contribution in [-0.4, -0.2) is 15.7 Å². The van der Waals surface area contributed by atoms with Gasteiger partial charge < -0.3 is 9.73 Å². The number of hydrogen-bond acceptors (Lipinski definition) is 3. The molecule has 5 heteroatoms. The van der Waals surface area contributed by atoms with Gasteiger partial charge >= 0.3 is 0 Å². The third-order valence-electron chi connectivity index (χ3n) is 2.90. The fourth-order valence-corrected chi connectivity index (χ4v) is 1.87. The number of rotatable bonds is 4. The molecule has 0 atom stereocenters. The van der Waals surface area contributed by atoms with Gasteiger partial charge in [0.25, 0.3) is 5.91 Å². The molecular weight excluding hydrogens is 254 g/mol. The quantitative estimate of drug-likeness (QED) is 0.789. The zero-order valence-electron chi connectivity index (χ0n) is 10.7. The Kier molecular flexibility index (Phi) is 3.33. The molecule has 3 rings (SSSR count). The number of carbonyl (C=O) groups excluding carboxylic acids is 1. The molecule has 0 unspecified atom stereocenters. The number of nitrogens with one attached hydrogen (secondary N) is 1. The summed E-state index contributed by atoms with van der Waals surface area (Å²) in [7, 11) is 0. The van der Waals surface area contributed by atoms with Crippen LogP contribution in [0.15, 0.2) is 65.5 Å². The van der Waals surface area contributed by atoms with E-state index in [9.17, 15) is 4.79 Å². The third kappa shape index (κ3) is 2.61. The number of benzene rings is 1. The Morgan fingerprint density at radius 1 is 1.20 bits per heavy atom. The number of amides is 1. The summed E-state index contributed by atoms with van der Waals surface area (Å²) in [5.41, 5.74) is 1.52. The summed E-state index contributed by atoms with van der Waals surface area (Å²) in [6, 6.07) is 12.7. The third-order valence-corrected chi connectivity index (χ3v) is 2.90. The Labute approximate surface area is 115 Å². The molecule has 0 saturated carbocycles. The van der Waals surface area contributed by atoms with Gasteiger partial charge in [0.15, 0.2) is 0 Å². The van der Waals surface area contributed by atoms with E-state index >= 15 is 0 Å². The summed E-state index contributed by atoms with van der Waals surface area (Å²) < 4.78 is 6.90. The van der Waals surface area contributed by atoms with Crippen LogP contribution in [0.4, 0.5) is 0 Å². The summed E-state index contributed by atoms with van der Waals surface area (Å²) in [5.74, 6) is 0.597. The molecule has 2 heterocycles. The molecular formula is C15H13N3O2. The fourth-order valence-electron chi connectivity index (χ4n) is 1.87. The van der Waals surface area contributed by atoms with E-state index in [1.54, 1.807) is 35.3 Å². The Bertz CT molecular complexity index is 671. The normalized spacial score (nSPS) is 10.4. The molecule has 100 valence electrons. The van der Waals surface area contributed by atoms with Gasteiger partial charge in [-0.3, -0.25) is 4.79 Å². The van der Waals surface area contributed by atoms with Gasteiger partial charge in [-0.05, 0) is 42.5 Å². The van der Waals surface area contributed by atoms with Crippen molar-refractivity contribution in [2.24, 2.45) is 0 Å². The lowest BCUT2D eigenvalue weighted by molar-refractivity contribution is 0.0948.